The van der Waals surface area contributed by atoms with Crippen LogP contribution in [-0.2, 0) is 0 Å². The number of fused-ring (bicyclic) bond motifs is 2. The first-order chi connectivity index (χ1) is 14.3. The van der Waals surface area contributed by atoms with E-state index in [0.29, 0.717) is 33.5 Å². The van der Waals surface area contributed by atoms with E-state index in [1.807, 2.05) is 0 Å². The molecule has 3 N–H and O–H groups in total. The summed E-state index contributed by atoms with van der Waals surface area (Å²) in [5.74, 6) is 0.491. The van der Waals surface area contributed by atoms with Crippen LogP contribution in [0, 0.1) is 0 Å². The van der Waals surface area contributed by atoms with Crippen LogP contribution in [0.15, 0.2) is 65.5 Å². The van der Waals surface area contributed by atoms with Crippen molar-refractivity contribution in [1.29, 1.82) is 0 Å². The fraction of sp³-hybridized carbons (Fsp3) is 0.227. The molecule has 5 nitrogen and oxygen atoms in total. The second-order valence-electron chi connectivity index (χ2n) is 7.19. The van der Waals surface area contributed by atoms with E-state index in [-0.39, 0.29) is 12.2 Å². The number of halogens is 3. The van der Waals surface area contributed by atoms with Gasteiger partial charge in [0, 0.05) is 29.1 Å². The summed E-state index contributed by atoms with van der Waals surface area (Å²) in [6.07, 6.45) is -3.93. The number of alkyl halides is 3. The van der Waals surface area contributed by atoms with E-state index in [4.69, 9.17) is 4.74 Å². The van der Waals surface area contributed by atoms with Crippen LogP contribution < -0.4 is 15.6 Å². The zero-order chi connectivity index (χ0) is 21.4. The van der Waals surface area contributed by atoms with E-state index >= 15 is 0 Å². The van der Waals surface area contributed by atoms with Gasteiger partial charge in [0.05, 0.1) is 12.1 Å². The summed E-state index contributed by atoms with van der Waals surface area (Å²) in [7, 11) is 0. The average Bonchev–Trinajstić information content (AvgIpc) is 2.71. The summed E-state index contributed by atoms with van der Waals surface area (Å²) in [5, 5.41) is 13.9. The largest absolute Gasteiger partial charge is 0.489 e. The van der Waals surface area contributed by atoms with Gasteiger partial charge in [-0.15, -0.1) is 0 Å². The zero-order valence-electron chi connectivity index (χ0n) is 15.8. The van der Waals surface area contributed by atoms with Crippen molar-refractivity contribution in [3.63, 3.8) is 0 Å². The monoisotopic (exact) mass is 416 g/mol. The number of rotatable bonds is 5. The van der Waals surface area contributed by atoms with Crippen molar-refractivity contribution in [2.45, 2.75) is 18.2 Å². The highest BCUT2D eigenvalue weighted by atomic mass is 19.4. The molecule has 0 saturated heterocycles. The highest BCUT2D eigenvalue weighted by Gasteiger charge is 2.54. The lowest BCUT2D eigenvalue weighted by atomic mass is 9.88. The summed E-state index contributed by atoms with van der Waals surface area (Å²) >= 11 is 0. The molecule has 0 fully saturated rings. The summed E-state index contributed by atoms with van der Waals surface area (Å²) in [4.78, 5) is 14.1. The molecular weight excluding hydrogens is 397 g/mol. The lowest BCUT2D eigenvalue weighted by Crippen LogP contribution is -2.50. The molecule has 0 radical (unpaired) electrons. The summed E-state index contributed by atoms with van der Waals surface area (Å²) < 4.78 is 47.2. The van der Waals surface area contributed by atoms with E-state index in [1.165, 1.54) is 12.1 Å². The van der Waals surface area contributed by atoms with Gasteiger partial charge in [-0.1, -0.05) is 24.3 Å². The van der Waals surface area contributed by atoms with E-state index < -0.39 is 24.7 Å². The predicted molar refractivity (Wildman–Crippen MR) is 109 cm³/mol. The first kappa shape index (κ1) is 20.0. The molecule has 1 atom stereocenters. The number of H-pyrrole nitrogens is 1. The molecule has 1 unspecified atom stereocenters. The molecule has 30 heavy (non-hydrogen) atoms. The van der Waals surface area contributed by atoms with E-state index in [0.717, 1.165) is 0 Å². The van der Waals surface area contributed by atoms with Gasteiger partial charge in [-0.25, -0.2) is 0 Å². The second-order valence-corrected chi connectivity index (χ2v) is 7.19. The molecule has 0 aliphatic carbocycles. The van der Waals surface area contributed by atoms with Gasteiger partial charge >= 0.3 is 6.18 Å². The lowest BCUT2D eigenvalue weighted by molar-refractivity contribution is -0.252. The fourth-order valence-corrected chi connectivity index (χ4v) is 3.53. The van der Waals surface area contributed by atoms with Gasteiger partial charge in [0.2, 0.25) is 5.56 Å². The number of pyridine rings is 1. The minimum Gasteiger partial charge on any atom is -0.489 e. The maximum absolute atomic E-state index is 13.9. The molecule has 1 aliphatic heterocycles. The molecule has 4 rings (SSSR count). The number of anilines is 1. The van der Waals surface area contributed by atoms with Gasteiger partial charge in [0.1, 0.15) is 12.4 Å². The van der Waals surface area contributed by atoms with Gasteiger partial charge in [0.15, 0.2) is 5.60 Å². The zero-order valence-corrected chi connectivity index (χ0v) is 15.8. The fourth-order valence-electron chi connectivity index (χ4n) is 3.53. The first-order valence-corrected chi connectivity index (χ1v) is 9.33. The SMILES string of the molecule is O=c1ccc2c(NCC(O)(CC3=CCOc4ccccc43)C(F)(F)F)cccc2[nH]1. The predicted octanol–water partition coefficient (Wildman–Crippen LogP) is 4.10. The average molecular weight is 416 g/mol. The number of hydrogen-bond acceptors (Lipinski definition) is 4. The van der Waals surface area contributed by atoms with E-state index in [2.05, 4.69) is 10.3 Å². The van der Waals surface area contributed by atoms with Gasteiger partial charge in [-0.05, 0) is 35.9 Å². The number of aromatic nitrogens is 1. The number of para-hydroxylation sites is 1. The number of aliphatic hydroxyl groups is 1. The highest BCUT2D eigenvalue weighted by molar-refractivity contribution is 5.91. The second kappa shape index (κ2) is 7.53. The third-order valence-corrected chi connectivity index (χ3v) is 5.15. The van der Waals surface area contributed by atoms with Crippen LogP contribution in [0.3, 0.4) is 0 Å². The molecule has 8 heteroatoms. The standard InChI is InChI=1S/C22H19F3N2O3/c23-22(24,25)21(29,12-14-10-11-30-19-7-2-1-4-15(14)19)13-26-17-5-3-6-18-16(17)8-9-20(28)27-18/h1-10,26,29H,11-13H2,(H,27,28). The topological polar surface area (TPSA) is 74.3 Å². The molecule has 0 spiro atoms. The molecule has 0 amide bonds. The Labute approximate surface area is 169 Å². The number of aromatic amines is 1. The van der Waals surface area contributed by atoms with E-state index in [1.54, 1.807) is 48.5 Å². The lowest BCUT2D eigenvalue weighted by Gasteiger charge is -2.33. The molecule has 1 aliphatic rings. The van der Waals surface area contributed by atoms with Crippen LogP contribution in [0.1, 0.15) is 12.0 Å². The van der Waals surface area contributed by atoms with Crippen LogP contribution >= 0.6 is 0 Å². The Balaban J connectivity index is 1.63. The Morgan fingerprint density at radius 2 is 1.87 bits per heavy atom. The molecule has 0 saturated carbocycles. The van der Waals surface area contributed by atoms with Crippen molar-refractivity contribution in [3.8, 4) is 5.75 Å². The number of benzene rings is 2. The van der Waals surface area contributed by atoms with Crippen LogP contribution in [-0.4, -0.2) is 35.0 Å². The highest BCUT2D eigenvalue weighted by Crippen LogP contribution is 2.41. The Bertz CT molecular complexity index is 1170. The molecule has 2 heterocycles. The van der Waals surface area contributed by atoms with Crippen LogP contribution in [0.5, 0.6) is 5.75 Å². The van der Waals surface area contributed by atoms with Crippen LogP contribution in [0.4, 0.5) is 18.9 Å². The molecular formula is C22H19F3N2O3. The maximum Gasteiger partial charge on any atom is 0.419 e. The molecule has 0 bridgehead atoms. The quantitative estimate of drug-likeness (QED) is 0.586. The van der Waals surface area contributed by atoms with Crippen molar-refractivity contribution in [2.24, 2.45) is 0 Å². The first-order valence-electron chi connectivity index (χ1n) is 9.33. The molecule has 3 aromatic rings. The Hall–Kier alpha value is -3.26. The Morgan fingerprint density at radius 1 is 1.07 bits per heavy atom. The van der Waals surface area contributed by atoms with Crippen molar-refractivity contribution in [1.82, 2.24) is 4.98 Å². The van der Waals surface area contributed by atoms with Crippen molar-refractivity contribution >= 4 is 22.2 Å². The van der Waals surface area contributed by atoms with E-state index in [9.17, 15) is 23.1 Å². The van der Waals surface area contributed by atoms with Crippen molar-refractivity contribution < 1.29 is 23.0 Å². The third kappa shape index (κ3) is 3.78. The normalized spacial score (nSPS) is 15.7. The van der Waals surface area contributed by atoms with Crippen LogP contribution in [0.2, 0.25) is 0 Å². The van der Waals surface area contributed by atoms with Gasteiger partial charge < -0.3 is 20.1 Å². The Morgan fingerprint density at radius 3 is 2.67 bits per heavy atom. The summed E-state index contributed by atoms with van der Waals surface area (Å²) in [6, 6.07) is 14.5. The number of hydrogen-bond donors (Lipinski definition) is 3. The van der Waals surface area contributed by atoms with Gasteiger partial charge in [0.25, 0.3) is 0 Å². The smallest absolute Gasteiger partial charge is 0.419 e. The third-order valence-electron chi connectivity index (χ3n) is 5.15. The molecule has 1 aromatic heterocycles. The van der Waals surface area contributed by atoms with Crippen molar-refractivity contribution in [2.75, 3.05) is 18.5 Å². The van der Waals surface area contributed by atoms with Gasteiger partial charge in [-0.3, -0.25) is 4.79 Å². The minimum absolute atomic E-state index is 0.143. The Kier molecular flexibility index (Phi) is 5.03. The summed E-state index contributed by atoms with van der Waals surface area (Å²) in [6.45, 7) is -0.612. The summed E-state index contributed by atoms with van der Waals surface area (Å²) in [5.41, 5.74) is -1.53. The number of ether oxygens (including phenoxy) is 1. The van der Waals surface area contributed by atoms with Crippen LogP contribution in [0.25, 0.3) is 16.5 Å². The molecule has 156 valence electrons. The minimum atomic E-state index is -4.87. The van der Waals surface area contributed by atoms with Gasteiger partial charge in [-0.2, -0.15) is 13.2 Å². The maximum atomic E-state index is 13.9. The van der Waals surface area contributed by atoms with Crippen molar-refractivity contribution in [3.05, 3.63) is 76.6 Å². The molecule has 2 aromatic carbocycles. The number of nitrogens with one attached hydrogen (secondary N) is 2.